The number of rotatable bonds is 1. The second-order valence-corrected chi connectivity index (χ2v) is 5.68. The van der Waals surface area contributed by atoms with E-state index in [9.17, 15) is 9.59 Å². The molecule has 5 nitrogen and oxygen atoms in total. The topological polar surface area (TPSA) is 66.8 Å². The third-order valence-corrected chi connectivity index (χ3v) is 2.67. The first-order valence-electron chi connectivity index (χ1n) is 6.05. The molecule has 0 fully saturated rings. The van der Waals surface area contributed by atoms with Gasteiger partial charge in [-0.3, -0.25) is 4.79 Å². The van der Waals surface area contributed by atoms with Gasteiger partial charge in [-0.05, 0) is 34.1 Å². The van der Waals surface area contributed by atoms with Crippen LogP contribution in [0.5, 0.6) is 0 Å². The number of carboxylic acid groups (broad SMARTS) is 1. The Balaban J connectivity index is 2.76. The average molecular weight is 255 g/mol. The van der Waals surface area contributed by atoms with E-state index in [4.69, 9.17) is 9.84 Å². The van der Waals surface area contributed by atoms with Crippen LogP contribution in [0.25, 0.3) is 0 Å². The van der Waals surface area contributed by atoms with Crippen molar-refractivity contribution in [3.63, 3.8) is 0 Å². The number of allylic oxidation sites excluding steroid dienone is 1. The minimum Gasteiger partial charge on any atom is -0.481 e. The van der Waals surface area contributed by atoms with E-state index in [1.165, 1.54) is 4.90 Å². The first-order chi connectivity index (χ1) is 8.19. The fourth-order valence-electron chi connectivity index (χ4n) is 1.78. The predicted molar refractivity (Wildman–Crippen MR) is 67.3 cm³/mol. The lowest BCUT2D eigenvalue weighted by Crippen LogP contribution is -2.40. The Morgan fingerprint density at radius 3 is 2.56 bits per heavy atom. The van der Waals surface area contributed by atoms with Crippen molar-refractivity contribution >= 4 is 12.1 Å². The molecule has 1 unspecified atom stereocenters. The summed E-state index contributed by atoms with van der Waals surface area (Å²) in [5.41, 5.74) is 0.425. The molecule has 0 saturated heterocycles. The van der Waals surface area contributed by atoms with E-state index < -0.39 is 23.6 Å². The molecular weight excluding hydrogens is 234 g/mol. The highest BCUT2D eigenvalue weighted by atomic mass is 16.6. The first kappa shape index (κ1) is 14.5. The molecule has 0 aromatic rings. The van der Waals surface area contributed by atoms with Crippen LogP contribution in [0.15, 0.2) is 11.6 Å². The largest absolute Gasteiger partial charge is 0.481 e. The zero-order valence-electron chi connectivity index (χ0n) is 11.4. The third kappa shape index (κ3) is 4.39. The molecule has 102 valence electrons. The fraction of sp³-hybridized carbons (Fsp3) is 0.692. The van der Waals surface area contributed by atoms with Crippen LogP contribution < -0.4 is 0 Å². The molecule has 0 aliphatic carbocycles. The molecule has 1 atom stereocenters. The van der Waals surface area contributed by atoms with Gasteiger partial charge in [0, 0.05) is 13.1 Å². The lowest BCUT2D eigenvalue weighted by molar-refractivity contribution is -0.142. The molecule has 1 aliphatic heterocycles. The quantitative estimate of drug-likeness (QED) is 0.730. The molecule has 0 aromatic heterocycles. The molecule has 0 spiro atoms. The molecule has 1 N–H and O–H groups in total. The lowest BCUT2D eigenvalue weighted by atomic mass is 10.0. The maximum Gasteiger partial charge on any atom is 0.410 e. The van der Waals surface area contributed by atoms with Crippen LogP contribution in [0.4, 0.5) is 4.79 Å². The van der Waals surface area contributed by atoms with Crippen LogP contribution >= 0.6 is 0 Å². The number of amides is 1. The van der Waals surface area contributed by atoms with E-state index >= 15 is 0 Å². The van der Waals surface area contributed by atoms with Gasteiger partial charge in [-0.1, -0.05) is 11.6 Å². The van der Waals surface area contributed by atoms with Gasteiger partial charge in [-0.2, -0.15) is 0 Å². The second kappa shape index (κ2) is 5.42. The van der Waals surface area contributed by atoms with Crippen LogP contribution in [-0.2, 0) is 9.53 Å². The Labute approximate surface area is 107 Å². The van der Waals surface area contributed by atoms with Crippen LogP contribution in [0.3, 0.4) is 0 Å². The van der Waals surface area contributed by atoms with E-state index in [2.05, 4.69) is 0 Å². The number of carboxylic acids is 1. The maximum atomic E-state index is 11.9. The molecule has 0 saturated carbocycles. The minimum absolute atomic E-state index is 0.193. The molecule has 1 aliphatic rings. The van der Waals surface area contributed by atoms with Gasteiger partial charge in [0.15, 0.2) is 0 Å². The molecule has 0 bridgehead atoms. The highest BCUT2D eigenvalue weighted by Gasteiger charge is 2.29. The number of carbonyl (C=O) groups is 2. The molecule has 18 heavy (non-hydrogen) atoms. The summed E-state index contributed by atoms with van der Waals surface area (Å²) in [4.78, 5) is 24.5. The van der Waals surface area contributed by atoms with Crippen molar-refractivity contribution in [2.24, 2.45) is 5.92 Å². The van der Waals surface area contributed by atoms with E-state index in [0.29, 0.717) is 13.0 Å². The van der Waals surface area contributed by atoms with Gasteiger partial charge in [0.1, 0.15) is 5.60 Å². The summed E-state index contributed by atoms with van der Waals surface area (Å²) in [6.07, 6.45) is 1.90. The highest BCUT2D eigenvalue weighted by molar-refractivity contribution is 5.73. The average Bonchev–Trinajstić information content (AvgIpc) is 2.37. The zero-order chi connectivity index (χ0) is 13.9. The molecule has 1 amide bonds. The van der Waals surface area contributed by atoms with Crippen LogP contribution in [-0.4, -0.2) is 40.8 Å². The number of hydrogen-bond donors (Lipinski definition) is 1. The minimum atomic E-state index is -0.877. The van der Waals surface area contributed by atoms with Crippen LogP contribution in [0.2, 0.25) is 0 Å². The van der Waals surface area contributed by atoms with Crippen molar-refractivity contribution in [2.45, 2.75) is 39.7 Å². The van der Waals surface area contributed by atoms with Gasteiger partial charge in [0.2, 0.25) is 0 Å². The summed E-state index contributed by atoms with van der Waals surface area (Å²) in [6.45, 7) is 7.85. The second-order valence-electron chi connectivity index (χ2n) is 5.68. The summed E-state index contributed by atoms with van der Waals surface area (Å²) in [5, 5.41) is 9.11. The number of carbonyl (C=O) groups excluding carboxylic acids is 1. The third-order valence-electron chi connectivity index (χ3n) is 2.67. The van der Waals surface area contributed by atoms with Gasteiger partial charge in [0.25, 0.3) is 0 Å². The van der Waals surface area contributed by atoms with E-state index in [0.717, 1.165) is 5.57 Å². The SMILES string of the molecule is CC1=CCN(C(=O)OC(C)(C)C)CC(C(=O)O)C1. The number of nitrogens with zero attached hydrogens (tertiary/aromatic N) is 1. The van der Waals surface area contributed by atoms with Gasteiger partial charge in [-0.25, -0.2) is 4.79 Å². The van der Waals surface area contributed by atoms with E-state index in [1.54, 1.807) is 20.8 Å². The molecule has 1 rings (SSSR count). The molecule has 0 radical (unpaired) electrons. The van der Waals surface area contributed by atoms with Crippen molar-refractivity contribution in [3.05, 3.63) is 11.6 Å². The molecule has 0 aromatic carbocycles. The molecule has 5 heteroatoms. The molecule has 1 heterocycles. The summed E-state index contributed by atoms with van der Waals surface area (Å²) in [7, 11) is 0. The lowest BCUT2D eigenvalue weighted by Gasteiger charge is -2.27. The van der Waals surface area contributed by atoms with Gasteiger partial charge >= 0.3 is 12.1 Å². The van der Waals surface area contributed by atoms with Crippen LogP contribution in [0, 0.1) is 5.92 Å². The van der Waals surface area contributed by atoms with Crippen molar-refractivity contribution in [3.8, 4) is 0 Å². The maximum absolute atomic E-state index is 11.9. The summed E-state index contributed by atoms with van der Waals surface area (Å²) < 4.78 is 5.26. The highest BCUT2D eigenvalue weighted by Crippen LogP contribution is 2.19. The van der Waals surface area contributed by atoms with Crippen LogP contribution in [0.1, 0.15) is 34.1 Å². The summed E-state index contributed by atoms with van der Waals surface area (Å²) >= 11 is 0. The monoisotopic (exact) mass is 255 g/mol. The first-order valence-corrected chi connectivity index (χ1v) is 6.05. The number of hydrogen-bond acceptors (Lipinski definition) is 3. The number of aliphatic carboxylic acids is 1. The smallest absolute Gasteiger partial charge is 0.410 e. The number of ether oxygens (including phenoxy) is 1. The van der Waals surface area contributed by atoms with E-state index in [-0.39, 0.29) is 6.54 Å². The van der Waals surface area contributed by atoms with Gasteiger partial charge in [0.05, 0.1) is 5.92 Å². The summed E-state index contributed by atoms with van der Waals surface area (Å²) in [6, 6.07) is 0. The predicted octanol–water partition coefficient (Wildman–Crippen LogP) is 2.27. The Kier molecular flexibility index (Phi) is 4.38. The van der Waals surface area contributed by atoms with Gasteiger partial charge in [-0.15, -0.1) is 0 Å². The van der Waals surface area contributed by atoms with Crippen molar-refractivity contribution < 1.29 is 19.4 Å². The summed E-state index contributed by atoms with van der Waals surface area (Å²) in [5.74, 6) is -1.44. The van der Waals surface area contributed by atoms with Crippen molar-refractivity contribution in [2.75, 3.05) is 13.1 Å². The fourth-order valence-corrected chi connectivity index (χ4v) is 1.78. The standard InChI is InChI=1S/C13H21NO4/c1-9-5-6-14(8-10(7-9)11(15)16)12(17)18-13(2,3)4/h5,10H,6-8H2,1-4H3,(H,15,16). The Morgan fingerprint density at radius 1 is 1.44 bits per heavy atom. The Hall–Kier alpha value is -1.52. The zero-order valence-corrected chi connectivity index (χ0v) is 11.4. The van der Waals surface area contributed by atoms with Crippen molar-refractivity contribution in [1.29, 1.82) is 0 Å². The normalized spacial score (nSPS) is 21.0. The van der Waals surface area contributed by atoms with Gasteiger partial charge < -0.3 is 14.7 Å². The van der Waals surface area contributed by atoms with E-state index in [1.807, 2.05) is 13.0 Å². The van der Waals surface area contributed by atoms with Crippen molar-refractivity contribution in [1.82, 2.24) is 4.90 Å². The molecular formula is C13H21NO4. The Bertz CT molecular complexity index is 368. The Morgan fingerprint density at radius 2 is 2.06 bits per heavy atom.